The number of aromatic nitrogens is 2. The Bertz CT molecular complexity index is 529. The van der Waals surface area contributed by atoms with E-state index >= 15 is 0 Å². The minimum Gasteiger partial charge on any atom is -0.493 e. The van der Waals surface area contributed by atoms with E-state index < -0.39 is 0 Å². The Morgan fingerprint density at radius 3 is 2.78 bits per heavy atom. The lowest BCUT2D eigenvalue weighted by Gasteiger charge is -2.13. The van der Waals surface area contributed by atoms with Crippen LogP contribution in [-0.2, 0) is 0 Å². The Labute approximate surface area is 106 Å². The topological polar surface area (TPSA) is 47.5 Å². The van der Waals surface area contributed by atoms with Crippen molar-refractivity contribution in [3.8, 4) is 11.5 Å². The van der Waals surface area contributed by atoms with E-state index in [9.17, 15) is 0 Å². The molecule has 0 fully saturated rings. The van der Waals surface area contributed by atoms with Gasteiger partial charge in [-0.25, -0.2) is 9.97 Å². The number of rotatable bonds is 5. The van der Waals surface area contributed by atoms with Crippen LogP contribution < -0.4 is 9.47 Å². The number of hydrogen-bond donors (Lipinski definition) is 0. The van der Waals surface area contributed by atoms with Crippen molar-refractivity contribution < 1.29 is 9.47 Å². The van der Waals surface area contributed by atoms with Gasteiger partial charge in [0.05, 0.1) is 12.6 Å². The van der Waals surface area contributed by atoms with Crippen molar-refractivity contribution in [1.29, 1.82) is 0 Å². The second-order valence-corrected chi connectivity index (χ2v) is 4.24. The molecular formula is C13H17N3O2. The first kappa shape index (κ1) is 12.6. The zero-order valence-electron chi connectivity index (χ0n) is 10.9. The fraction of sp³-hybridized carbons (Fsp3) is 0.385. The van der Waals surface area contributed by atoms with Gasteiger partial charge in [-0.2, -0.15) is 0 Å². The normalized spacial score (nSPS) is 10.9. The molecule has 0 spiro atoms. The Hall–Kier alpha value is -1.88. The molecule has 0 aliphatic heterocycles. The quantitative estimate of drug-likeness (QED) is 0.802. The molecule has 96 valence electrons. The second-order valence-electron chi connectivity index (χ2n) is 4.24. The van der Waals surface area contributed by atoms with Crippen LogP contribution in [0.2, 0.25) is 0 Å². The molecule has 0 bridgehead atoms. The lowest BCUT2D eigenvalue weighted by atomic mass is 10.2. The van der Waals surface area contributed by atoms with E-state index in [1.54, 1.807) is 13.3 Å². The third-order valence-electron chi connectivity index (χ3n) is 2.59. The van der Waals surface area contributed by atoms with Gasteiger partial charge in [-0.3, -0.25) is 0 Å². The van der Waals surface area contributed by atoms with Crippen LogP contribution in [0.1, 0.15) is 0 Å². The zero-order chi connectivity index (χ0) is 13.0. The number of nitrogens with zero attached hydrogens (tertiary/aromatic N) is 3. The van der Waals surface area contributed by atoms with Crippen molar-refractivity contribution >= 4 is 10.9 Å². The number of hydrogen-bond acceptors (Lipinski definition) is 5. The molecule has 18 heavy (non-hydrogen) atoms. The summed E-state index contributed by atoms with van der Waals surface area (Å²) < 4.78 is 11.0. The van der Waals surface area contributed by atoms with Gasteiger partial charge in [0.25, 0.3) is 0 Å². The minimum absolute atomic E-state index is 0.611. The van der Waals surface area contributed by atoms with Gasteiger partial charge >= 0.3 is 0 Å². The molecule has 5 heteroatoms. The Kier molecular flexibility index (Phi) is 3.94. The highest BCUT2D eigenvalue weighted by atomic mass is 16.5. The molecule has 0 aliphatic carbocycles. The van der Waals surface area contributed by atoms with Gasteiger partial charge in [-0.15, -0.1) is 0 Å². The summed E-state index contributed by atoms with van der Waals surface area (Å²) in [6, 6.07) is 3.77. The molecule has 1 aromatic heterocycles. The van der Waals surface area contributed by atoms with Crippen molar-refractivity contribution in [2.24, 2.45) is 0 Å². The van der Waals surface area contributed by atoms with Crippen molar-refractivity contribution in [3.63, 3.8) is 0 Å². The third-order valence-corrected chi connectivity index (χ3v) is 2.59. The maximum absolute atomic E-state index is 5.72. The number of benzene rings is 1. The SMILES string of the molecule is COc1cc2cncnc2cc1OCCN(C)C. The lowest BCUT2D eigenvalue weighted by molar-refractivity contribution is 0.251. The summed E-state index contributed by atoms with van der Waals surface area (Å²) in [5, 5.41) is 0.939. The van der Waals surface area contributed by atoms with Gasteiger partial charge in [0.15, 0.2) is 11.5 Å². The molecule has 0 saturated carbocycles. The largest absolute Gasteiger partial charge is 0.493 e. The summed E-state index contributed by atoms with van der Waals surface area (Å²) in [6.45, 7) is 1.46. The van der Waals surface area contributed by atoms with Gasteiger partial charge in [-0.1, -0.05) is 0 Å². The fourth-order valence-electron chi connectivity index (χ4n) is 1.60. The maximum Gasteiger partial charge on any atom is 0.163 e. The van der Waals surface area contributed by atoms with E-state index in [2.05, 4.69) is 14.9 Å². The van der Waals surface area contributed by atoms with Crippen LogP contribution in [-0.4, -0.2) is 49.2 Å². The van der Waals surface area contributed by atoms with Crippen LogP contribution >= 0.6 is 0 Å². The van der Waals surface area contributed by atoms with Crippen molar-refractivity contribution in [3.05, 3.63) is 24.7 Å². The van der Waals surface area contributed by atoms with E-state index in [-0.39, 0.29) is 0 Å². The second kappa shape index (κ2) is 5.64. The standard InChI is InChI=1S/C13H17N3O2/c1-16(2)4-5-18-13-7-11-10(6-12(13)17-3)8-14-9-15-11/h6-9H,4-5H2,1-3H3. The average molecular weight is 247 g/mol. The summed E-state index contributed by atoms with van der Waals surface area (Å²) in [7, 11) is 5.65. The molecule has 1 heterocycles. The predicted molar refractivity (Wildman–Crippen MR) is 70.1 cm³/mol. The third kappa shape index (κ3) is 2.87. The average Bonchev–Trinajstić information content (AvgIpc) is 2.37. The highest BCUT2D eigenvalue weighted by Crippen LogP contribution is 2.31. The molecule has 0 saturated heterocycles. The van der Waals surface area contributed by atoms with E-state index in [1.807, 2.05) is 26.2 Å². The van der Waals surface area contributed by atoms with Crippen molar-refractivity contribution in [2.45, 2.75) is 0 Å². The van der Waals surface area contributed by atoms with Crippen molar-refractivity contribution in [2.75, 3.05) is 34.4 Å². The molecule has 0 amide bonds. The lowest BCUT2D eigenvalue weighted by Crippen LogP contribution is -2.19. The van der Waals surface area contributed by atoms with Crippen LogP contribution in [0.4, 0.5) is 0 Å². The first-order valence-corrected chi connectivity index (χ1v) is 5.76. The van der Waals surface area contributed by atoms with Gasteiger partial charge < -0.3 is 14.4 Å². The predicted octanol–water partition coefficient (Wildman–Crippen LogP) is 1.58. The Morgan fingerprint density at radius 2 is 2.06 bits per heavy atom. The molecular weight excluding hydrogens is 230 g/mol. The summed E-state index contributed by atoms with van der Waals surface area (Å²) in [5.41, 5.74) is 0.852. The van der Waals surface area contributed by atoms with Gasteiger partial charge in [0.2, 0.25) is 0 Å². The number of methoxy groups -OCH3 is 1. The van der Waals surface area contributed by atoms with Gasteiger partial charge in [-0.05, 0) is 20.2 Å². The first-order chi connectivity index (χ1) is 8.70. The molecule has 1 aromatic carbocycles. The molecule has 0 atom stereocenters. The van der Waals surface area contributed by atoms with E-state index in [4.69, 9.17) is 9.47 Å². The fourth-order valence-corrected chi connectivity index (χ4v) is 1.60. The first-order valence-electron chi connectivity index (χ1n) is 5.76. The van der Waals surface area contributed by atoms with Crippen LogP contribution in [0.5, 0.6) is 11.5 Å². The van der Waals surface area contributed by atoms with E-state index in [0.717, 1.165) is 17.4 Å². The summed E-state index contributed by atoms with van der Waals surface area (Å²) in [4.78, 5) is 10.3. The molecule has 0 N–H and O–H groups in total. The zero-order valence-corrected chi connectivity index (χ0v) is 10.9. The van der Waals surface area contributed by atoms with Gasteiger partial charge in [0, 0.05) is 24.2 Å². The Balaban J connectivity index is 2.24. The van der Waals surface area contributed by atoms with Gasteiger partial charge in [0.1, 0.15) is 12.9 Å². The molecule has 0 unspecified atom stereocenters. The number of likely N-dealkylation sites (N-methyl/N-ethyl adjacent to an activating group) is 1. The number of fused-ring (bicyclic) bond motifs is 1. The molecule has 2 rings (SSSR count). The molecule has 5 nitrogen and oxygen atoms in total. The highest BCUT2D eigenvalue weighted by Gasteiger charge is 2.07. The highest BCUT2D eigenvalue weighted by molar-refractivity contribution is 5.81. The smallest absolute Gasteiger partial charge is 0.163 e. The minimum atomic E-state index is 0.611. The van der Waals surface area contributed by atoms with Crippen LogP contribution in [0, 0.1) is 0 Å². The van der Waals surface area contributed by atoms with Crippen molar-refractivity contribution in [1.82, 2.24) is 14.9 Å². The van der Waals surface area contributed by atoms with Crippen LogP contribution in [0.25, 0.3) is 10.9 Å². The van der Waals surface area contributed by atoms with Crippen LogP contribution in [0.3, 0.4) is 0 Å². The van der Waals surface area contributed by atoms with E-state index in [0.29, 0.717) is 18.1 Å². The maximum atomic E-state index is 5.72. The molecule has 2 aromatic rings. The number of ether oxygens (including phenoxy) is 2. The summed E-state index contributed by atoms with van der Waals surface area (Å²) >= 11 is 0. The Morgan fingerprint density at radius 1 is 1.22 bits per heavy atom. The molecule has 0 radical (unpaired) electrons. The van der Waals surface area contributed by atoms with E-state index in [1.165, 1.54) is 6.33 Å². The van der Waals surface area contributed by atoms with Crippen LogP contribution in [0.15, 0.2) is 24.7 Å². The summed E-state index contributed by atoms with van der Waals surface area (Å²) in [6.07, 6.45) is 3.28. The molecule has 0 aliphatic rings. The monoisotopic (exact) mass is 247 g/mol. The summed E-state index contributed by atoms with van der Waals surface area (Å²) in [5.74, 6) is 1.42.